The molecule has 0 aromatic heterocycles. The standard InChI is InChI=1S/C16H13O.3C4H9.Sn/c1-13(17)16-11-9-15(10-12-16)8-7-14-5-3-2-4-6-14;3*1-3-4-2;/h2-6,8-12H,1H3;3*1,3-4H2,2H3;. The van der Waals surface area contributed by atoms with Crippen molar-refractivity contribution in [2.45, 2.75) is 79.5 Å². The molecule has 0 fully saturated rings. The van der Waals surface area contributed by atoms with Gasteiger partial charge in [-0.2, -0.15) is 0 Å². The topological polar surface area (TPSA) is 17.1 Å². The molecule has 0 aliphatic rings. The average Bonchev–Trinajstić information content (AvgIpc) is 2.78. The number of carbonyl (C=O) groups excluding carboxylic acids is 1. The average molecular weight is 511 g/mol. The number of hydrogen-bond donors (Lipinski definition) is 0. The molecule has 0 aliphatic heterocycles. The Morgan fingerprint density at radius 2 is 1.23 bits per heavy atom. The molecule has 0 spiro atoms. The Morgan fingerprint density at radius 3 is 1.67 bits per heavy atom. The van der Waals surface area contributed by atoms with Gasteiger partial charge in [0.2, 0.25) is 0 Å². The number of Topliss-reactive ketones (excluding diaryl/α,β-unsaturated/α-hetero) is 1. The van der Waals surface area contributed by atoms with Crippen molar-refractivity contribution in [3.63, 3.8) is 0 Å². The summed E-state index contributed by atoms with van der Waals surface area (Å²) in [4.78, 5) is 11.7. The fraction of sp³-hybridized carbons (Fsp3) is 0.464. The molecule has 2 aromatic carbocycles. The SMILES string of the molecule is CCC[CH2][Sn]([CH2]CCC)([CH2]CCC)/[C](=C/c1ccc(C(C)=O)cc1)c1ccccc1. The summed E-state index contributed by atoms with van der Waals surface area (Å²) in [5, 5.41) is 0. The maximum atomic E-state index is 11.7. The van der Waals surface area contributed by atoms with Crippen LogP contribution in [-0.4, -0.2) is 24.2 Å². The van der Waals surface area contributed by atoms with Crippen molar-refractivity contribution in [1.29, 1.82) is 0 Å². The first-order valence-corrected chi connectivity index (χ1v) is 19.4. The van der Waals surface area contributed by atoms with Gasteiger partial charge < -0.3 is 0 Å². The zero-order chi connectivity index (χ0) is 21.8. The van der Waals surface area contributed by atoms with Gasteiger partial charge in [-0.25, -0.2) is 0 Å². The Morgan fingerprint density at radius 1 is 0.733 bits per heavy atom. The Labute approximate surface area is 188 Å². The van der Waals surface area contributed by atoms with E-state index in [1.54, 1.807) is 10.5 Å². The van der Waals surface area contributed by atoms with Gasteiger partial charge in [0.05, 0.1) is 0 Å². The molecule has 0 N–H and O–H groups in total. The summed E-state index contributed by atoms with van der Waals surface area (Å²) in [7, 11) is 0. The molecule has 0 unspecified atom stereocenters. The first-order chi connectivity index (χ1) is 14.6. The molecular formula is C28H40OSn. The van der Waals surface area contributed by atoms with E-state index in [0.717, 1.165) is 5.56 Å². The molecule has 2 heteroatoms. The fourth-order valence-corrected chi connectivity index (χ4v) is 21.3. The monoisotopic (exact) mass is 512 g/mol. The van der Waals surface area contributed by atoms with Crippen molar-refractivity contribution in [1.82, 2.24) is 0 Å². The van der Waals surface area contributed by atoms with Crippen LogP contribution < -0.4 is 0 Å². The summed E-state index contributed by atoms with van der Waals surface area (Å²) in [6.45, 7) is 8.65. The van der Waals surface area contributed by atoms with Crippen LogP contribution in [0.5, 0.6) is 0 Å². The first kappa shape index (κ1) is 24.9. The number of unbranched alkanes of at least 4 members (excludes halogenated alkanes) is 3. The fourth-order valence-electron chi connectivity index (χ4n) is 4.47. The van der Waals surface area contributed by atoms with E-state index in [4.69, 9.17) is 0 Å². The Hall–Kier alpha value is -1.35. The van der Waals surface area contributed by atoms with Crippen molar-refractivity contribution < 1.29 is 4.79 Å². The molecule has 2 aromatic rings. The second kappa shape index (κ2) is 13.1. The minimum atomic E-state index is -2.61. The quantitative estimate of drug-likeness (QED) is 0.149. The zero-order valence-electron chi connectivity index (χ0n) is 19.5. The number of hydrogen-bond acceptors (Lipinski definition) is 1. The van der Waals surface area contributed by atoms with Crippen molar-refractivity contribution in [3.8, 4) is 0 Å². The summed E-state index contributed by atoms with van der Waals surface area (Å²) in [6.07, 6.45) is 10.4. The molecule has 162 valence electrons. The summed E-state index contributed by atoms with van der Waals surface area (Å²) < 4.78 is 6.06. The third-order valence-electron chi connectivity index (χ3n) is 6.31. The summed E-state index contributed by atoms with van der Waals surface area (Å²) in [6, 6.07) is 19.4. The molecule has 0 saturated heterocycles. The van der Waals surface area contributed by atoms with Crippen LogP contribution in [0.4, 0.5) is 0 Å². The van der Waals surface area contributed by atoms with E-state index < -0.39 is 18.4 Å². The third-order valence-corrected chi connectivity index (χ3v) is 22.0. The molecule has 30 heavy (non-hydrogen) atoms. The van der Waals surface area contributed by atoms with E-state index in [9.17, 15) is 4.79 Å². The molecule has 0 heterocycles. The summed E-state index contributed by atoms with van der Waals surface area (Å²) in [5.41, 5.74) is 3.47. The van der Waals surface area contributed by atoms with E-state index in [1.807, 2.05) is 12.1 Å². The maximum absolute atomic E-state index is 11.7. The second-order valence-electron chi connectivity index (χ2n) is 8.69. The van der Waals surface area contributed by atoms with E-state index in [-0.39, 0.29) is 5.78 Å². The van der Waals surface area contributed by atoms with Crippen molar-refractivity contribution in [2.24, 2.45) is 0 Å². The van der Waals surface area contributed by atoms with Crippen molar-refractivity contribution in [2.75, 3.05) is 0 Å². The molecular weight excluding hydrogens is 471 g/mol. The van der Waals surface area contributed by atoms with Gasteiger partial charge in [0.25, 0.3) is 0 Å². The molecule has 0 atom stereocenters. The number of ketones is 1. The Balaban J connectivity index is 2.60. The van der Waals surface area contributed by atoms with Gasteiger partial charge in [0.1, 0.15) is 0 Å². The Bertz CT molecular complexity index is 767. The second-order valence-corrected chi connectivity index (χ2v) is 21.8. The molecule has 0 aliphatic carbocycles. The van der Waals surface area contributed by atoms with E-state index >= 15 is 0 Å². The number of rotatable bonds is 13. The van der Waals surface area contributed by atoms with Crippen LogP contribution in [0.2, 0.25) is 13.3 Å². The summed E-state index contributed by atoms with van der Waals surface area (Å²) >= 11 is -2.61. The van der Waals surface area contributed by atoms with Crippen LogP contribution >= 0.6 is 0 Å². The first-order valence-electron chi connectivity index (χ1n) is 11.9. The van der Waals surface area contributed by atoms with Gasteiger partial charge in [-0.1, -0.05) is 0 Å². The van der Waals surface area contributed by atoms with Gasteiger partial charge in [-0.3, -0.25) is 0 Å². The van der Waals surface area contributed by atoms with Gasteiger partial charge >= 0.3 is 189 Å². The van der Waals surface area contributed by atoms with Crippen LogP contribution in [0.3, 0.4) is 0 Å². The van der Waals surface area contributed by atoms with Crippen molar-refractivity contribution in [3.05, 3.63) is 71.3 Å². The predicted molar refractivity (Wildman–Crippen MR) is 136 cm³/mol. The van der Waals surface area contributed by atoms with Gasteiger partial charge in [-0.15, -0.1) is 0 Å². The predicted octanol–water partition coefficient (Wildman–Crippen LogP) is 8.82. The molecule has 0 radical (unpaired) electrons. The zero-order valence-corrected chi connectivity index (χ0v) is 22.4. The van der Waals surface area contributed by atoms with Gasteiger partial charge in [0, 0.05) is 0 Å². The minimum absolute atomic E-state index is 0.135. The van der Waals surface area contributed by atoms with Gasteiger partial charge in [0.15, 0.2) is 0 Å². The molecule has 0 saturated carbocycles. The van der Waals surface area contributed by atoms with E-state index in [0.29, 0.717) is 0 Å². The third kappa shape index (κ3) is 7.11. The number of benzene rings is 2. The van der Waals surface area contributed by atoms with Crippen molar-refractivity contribution >= 4 is 33.8 Å². The van der Waals surface area contributed by atoms with Crippen LogP contribution in [0.15, 0.2) is 54.6 Å². The van der Waals surface area contributed by atoms with Gasteiger partial charge in [-0.05, 0) is 0 Å². The van der Waals surface area contributed by atoms with Crippen LogP contribution in [0, 0.1) is 0 Å². The molecule has 0 amide bonds. The van der Waals surface area contributed by atoms with E-state index in [2.05, 4.69) is 69.3 Å². The molecule has 1 nitrogen and oxygen atoms in total. The normalized spacial score (nSPS) is 12.2. The van der Waals surface area contributed by atoms with Crippen LogP contribution in [0.25, 0.3) is 9.67 Å². The number of carbonyl (C=O) groups is 1. The summed E-state index contributed by atoms with van der Waals surface area (Å²) in [5.74, 6) is 0.135. The molecule has 2 rings (SSSR count). The Kier molecular flexibility index (Phi) is 10.9. The van der Waals surface area contributed by atoms with E-state index in [1.165, 1.54) is 63.0 Å². The molecule has 0 bridgehead atoms. The van der Waals surface area contributed by atoms with Crippen LogP contribution in [-0.2, 0) is 0 Å². The van der Waals surface area contributed by atoms with Crippen LogP contribution in [0.1, 0.15) is 87.7 Å².